The minimum absolute atomic E-state index is 0.113. The number of carbonyl (C=O) groups excluding carboxylic acids is 3. The average Bonchev–Trinajstić information content (AvgIpc) is 3.19. The van der Waals surface area contributed by atoms with Gasteiger partial charge in [-0.2, -0.15) is 0 Å². The minimum atomic E-state index is -0.769. The molecule has 1 aliphatic heterocycles. The van der Waals surface area contributed by atoms with Gasteiger partial charge in [-0.3, -0.25) is 14.5 Å². The van der Waals surface area contributed by atoms with Crippen LogP contribution in [-0.2, 0) is 20.9 Å². The molecule has 0 spiro atoms. The van der Waals surface area contributed by atoms with Gasteiger partial charge in [0, 0.05) is 12.0 Å². The molecule has 1 N–H and O–H groups in total. The van der Waals surface area contributed by atoms with Gasteiger partial charge in [0.05, 0.1) is 24.8 Å². The Hall–Kier alpha value is -3.19. The fourth-order valence-electron chi connectivity index (χ4n) is 3.65. The molecular weight excluding hydrogens is 408 g/mol. The topological polar surface area (TPSA) is 84.9 Å². The summed E-state index contributed by atoms with van der Waals surface area (Å²) in [4.78, 5) is 39.5. The normalized spacial score (nSPS) is 18.3. The van der Waals surface area contributed by atoms with Crippen molar-refractivity contribution in [2.24, 2.45) is 0 Å². The summed E-state index contributed by atoms with van der Waals surface area (Å²) in [6.07, 6.45) is -0.550. The average molecular weight is 439 g/mol. The summed E-state index contributed by atoms with van der Waals surface area (Å²) in [6, 6.07) is 17.3. The number of benzene rings is 2. The summed E-state index contributed by atoms with van der Waals surface area (Å²) < 4.78 is 11.5. The van der Waals surface area contributed by atoms with Crippen molar-refractivity contribution in [2.75, 3.05) is 13.1 Å². The van der Waals surface area contributed by atoms with Crippen molar-refractivity contribution in [2.45, 2.75) is 51.5 Å². The number of rotatable bonds is 7. The molecule has 2 atom stereocenters. The Kier molecular flexibility index (Phi) is 7.64. The first-order valence-electron chi connectivity index (χ1n) is 10.7. The number of carbonyl (C=O) groups is 3. The first-order valence-corrected chi connectivity index (χ1v) is 10.7. The van der Waals surface area contributed by atoms with E-state index in [2.05, 4.69) is 5.32 Å². The van der Waals surface area contributed by atoms with Crippen LogP contribution in [0.1, 0.15) is 43.1 Å². The molecule has 7 nitrogen and oxygen atoms in total. The second-order valence-electron chi connectivity index (χ2n) is 8.80. The SMILES string of the molecule is CC(C)(C)OC1CC(C(=O)NCC(=O)c2ccccc2)N(C(=O)OCc2ccccc2)C1. The van der Waals surface area contributed by atoms with Gasteiger partial charge in [0.2, 0.25) is 5.91 Å². The predicted octanol–water partition coefficient (Wildman–Crippen LogP) is 3.58. The molecule has 2 aromatic carbocycles. The second kappa shape index (κ2) is 10.4. The summed E-state index contributed by atoms with van der Waals surface area (Å²) in [6.45, 7) is 6.00. The zero-order valence-corrected chi connectivity index (χ0v) is 18.7. The van der Waals surface area contributed by atoms with E-state index in [0.717, 1.165) is 5.56 Å². The lowest BCUT2D eigenvalue weighted by Crippen LogP contribution is -2.47. The standard InChI is InChI=1S/C25H30N2O5/c1-25(2,3)32-20-14-21(23(29)26-15-22(28)19-12-8-5-9-13-19)27(16-20)24(30)31-17-18-10-6-4-7-11-18/h4-13,20-21H,14-17H2,1-3H3,(H,26,29). The maximum Gasteiger partial charge on any atom is 0.410 e. The molecule has 2 unspecified atom stereocenters. The van der Waals surface area contributed by atoms with Crippen LogP contribution >= 0.6 is 0 Å². The third-order valence-electron chi connectivity index (χ3n) is 5.04. The van der Waals surface area contributed by atoms with E-state index >= 15 is 0 Å². The maximum absolute atomic E-state index is 12.9. The second-order valence-corrected chi connectivity index (χ2v) is 8.80. The molecule has 32 heavy (non-hydrogen) atoms. The van der Waals surface area contributed by atoms with Crippen LogP contribution in [-0.4, -0.2) is 53.5 Å². The van der Waals surface area contributed by atoms with Gasteiger partial charge in [-0.15, -0.1) is 0 Å². The summed E-state index contributed by atoms with van der Waals surface area (Å²) in [5.41, 5.74) is 0.961. The van der Waals surface area contributed by atoms with Crippen molar-refractivity contribution >= 4 is 17.8 Å². The predicted molar refractivity (Wildman–Crippen MR) is 120 cm³/mol. The van der Waals surface area contributed by atoms with Gasteiger partial charge in [-0.05, 0) is 26.3 Å². The van der Waals surface area contributed by atoms with E-state index in [1.54, 1.807) is 24.3 Å². The molecule has 0 bridgehead atoms. The number of hydrogen-bond acceptors (Lipinski definition) is 5. The molecule has 0 saturated carbocycles. The van der Waals surface area contributed by atoms with Crippen LogP contribution in [0.4, 0.5) is 4.79 Å². The molecule has 170 valence electrons. The number of nitrogens with one attached hydrogen (secondary N) is 1. The van der Waals surface area contributed by atoms with E-state index < -0.39 is 23.6 Å². The summed E-state index contributed by atoms with van der Waals surface area (Å²) >= 11 is 0. The van der Waals surface area contributed by atoms with Crippen molar-refractivity contribution in [3.63, 3.8) is 0 Å². The van der Waals surface area contributed by atoms with E-state index in [-0.39, 0.29) is 31.6 Å². The minimum Gasteiger partial charge on any atom is -0.445 e. The van der Waals surface area contributed by atoms with E-state index in [9.17, 15) is 14.4 Å². The summed E-state index contributed by atoms with van der Waals surface area (Å²) in [5.74, 6) is -0.594. The number of Topliss-reactive ketones (excluding diaryl/α,β-unsaturated/α-hetero) is 1. The molecule has 0 radical (unpaired) electrons. The van der Waals surface area contributed by atoms with Gasteiger partial charge in [-0.25, -0.2) is 4.79 Å². The number of ether oxygens (including phenoxy) is 2. The highest BCUT2D eigenvalue weighted by Gasteiger charge is 2.42. The van der Waals surface area contributed by atoms with Crippen LogP contribution in [0.5, 0.6) is 0 Å². The van der Waals surface area contributed by atoms with E-state index in [0.29, 0.717) is 12.0 Å². The van der Waals surface area contributed by atoms with E-state index in [1.807, 2.05) is 57.2 Å². The summed E-state index contributed by atoms with van der Waals surface area (Å²) in [5, 5.41) is 2.67. The van der Waals surface area contributed by atoms with E-state index in [4.69, 9.17) is 9.47 Å². The lowest BCUT2D eigenvalue weighted by Gasteiger charge is -2.25. The number of hydrogen-bond donors (Lipinski definition) is 1. The Morgan fingerprint density at radius 1 is 1.00 bits per heavy atom. The Morgan fingerprint density at radius 2 is 1.62 bits per heavy atom. The summed E-state index contributed by atoms with van der Waals surface area (Å²) in [7, 11) is 0. The zero-order valence-electron chi connectivity index (χ0n) is 18.7. The molecule has 7 heteroatoms. The van der Waals surface area contributed by atoms with Gasteiger partial charge in [-0.1, -0.05) is 60.7 Å². The van der Waals surface area contributed by atoms with Crippen molar-refractivity contribution in [1.82, 2.24) is 10.2 Å². The third-order valence-corrected chi connectivity index (χ3v) is 5.04. The Balaban J connectivity index is 1.64. The fourth-order valence-corrected chi connectivity index (χ4v) is 3.65. The van der Waals surface area contributed by atoms with Gasteiger partial charge in [0.25, 0.3) is 0 Å². The highest BCUT2D eigenvalue weighted by atomic mass is 16.6. The highest BCUT2D eigenvalue weighted by molar-refractivity contribution is 6.00. The monoisotopic (exact) mass is 438 g/mol. The molecule has 2 amide bonds. The van der Waals surface area contributed by atoms with Gasteiger partial charge >= 0.3 is 6.09 Å². The smallest absolute Gasteiger partial charge is 0.410 e. The lowest BCUT2D eigenvalue weighted by atomic mass is 10.1. The first kappa shape index (κ1) is 23.5. The van der Waals surface area contributed by atoms with E-state index in [1.165, 1.54) is 4.90 Å². The number of amides is 2. The number of nitrogens with zero attached hydrogens (tertiary/aromatic N) is 1. The van der Waals surface area contributed by atoms with Crippen molar-refractivity contribution in [3.05, 3.63) is 71.8 Å². The molecule has 1 saturated heterocycles. The van der Waals surface area contributed by atoms with Crippen LogP contribution in [0, 0.1) is 0 Å². The van der Waals surface area contributed by atoms with Crippen LogP contribution in [0.15, 0.2) is 60.7 Å². The Labute approximate surface area is 188 Å². The Morgan fingerprint density at radius 3 is 2.25 bits per heavy atom. The van der Waals surface area contributed by atoms with Gasteiger partial charge in [0.15, 0.2) is 5.78 Å². The van der Waals surface area contributed by atoms with Gasteiger partial charge < -0.3 is 14.8 Å². The van der Waals surface area contributed by atoms with Crippen molar-refractivity contribution in [3.8, 4) is 0 Å². The molecule has 1 aliphatic rings. The molecular formula is C25H30N2O5. The van der Waals surface area contributed by atoms with Gasteiger partial charge in [0.1, 0.15) is 12.6 Å². The molecule has 1 heterocycles. The maximum atomic E-state index is 12.9. The van der Waals surface area contributed by atoms with Crippen LogP contribution in [0.25, 0.3) is 0 Å². The number of likely N-dealkylation sites (tertiary alicyclic amines) is 1. The zero-order chi connectivity index (χ0) is 23.1. The third kappa shape index (κ3) is 6.65. The first-order chi connectivity index (χ1) is 15.2. The molecule has 0 aromatic heterocycles. The van der Waals surface area contributed by atoms with Crippen molar-refractivity contribution in [1.29, 1.82) is 0 Å². The van der Waals surface area contributed by atoms with Crippen molar-refractivity contribution < 1.29 is 23.9 Å². The fraction of sp³-hybridized carbons (Fsp3) is 0.400. The largest absolute Gasteiger partial charge is 0.445 e. The molecule has 0 aliphatic carbocycles. The van der Waals surface area contributed by atoms with Crippen LogP contribution in [0.3, 0.4) is 0 Å². The lowest BCUT2D eigenvalue weighted by molar-refractivity contribution is -0.125. The number of ketones is 1. The Bertz CT molecular complexity index is 924. The molecule has 2 aromatic rings. The van der Waals surface area contributed by atoms with Crippen LogP contribution in [0.2, 0.25) is 0 Å². The molecule has 1 fully saturated rings. The quantitative estimate of drug-likeness (QED) is 0.668. The van der Waals surface area contributed by atoms with Crippen LogP contribution < -0.4 is 5.32 Å². The highest BCUT2D eigenvalue weighted by Crippen LogP contribution is 2.25. The molecule has 3 rings (SSSR count).